The molecule has 1 aromatic carbocycles. The third-order valence-electron chi connectivity index (χ3n) is 1.81. The van der Waals surface area contributed by atoms with Crippen LogP contribution in [0.3, 0.4) is 0 Å². The predicted molar refractivity (Wildman–Crippen MR) is 65.4 cm³/mol. The maximum absolute atomic E-state index is 8.54. The van der Waals surface area contributed by atoms with Gasteiger partial charge in [-0.2, -0.15) is 0 Å². The molecule has 1 rings (SSSR count). The molecule has 78 valence electrons. The fourth-order valence-electron chi connectivity index (χ4n) is 1.14. The summed E-state index contributed by atoms with van der Waals surface area (Å²) in [7, 11) is 1.79. The van der Waals surface area contributed by atoms with Crippen LogP contribution in [0.4, 0.5) is 5.69 Å². The molecule has 0 saturated heterocycles. The smallest absolute Gasteiger partial charge is 0.113 e. The van der Waals surface area contributed by atoms with Gasteiger partial charge in [-0.3, -0.25) is 5.41 Å². The second kappa shape index (κ2) is 5.54. The standard InChI is InChI=1S/C11H11BrN2O/c1-14-11-7-8(12)4-5-9(11)10(13)3-2-6-15/h4-5,7,13-15H,6H2,1H3. The molecule has 0 atom stereocenters. The first-order valence-corrected chi connectivity index (χ1v) is 5.14. The molecule has 0 aliphatic carbocycles. The molecule has 15 heavy (non-hydrogen) atoms. The van der Waals surface area contributed by atoms with Crippen LogP contribution in [0.1, 0.15) is 5.56 Å². The highest BCUT2D eigenvalue weighted by Crippen LogP contribution is 2.21. The van der Waals surface area contributed by atoms with Gasteiger partial charge in [0.15, 0.2) is 0 Å². The summed E-state index contributed by atoms with van der Waals surface area (Å²) in [5.41, 5.74) is 1.75. The Hall–Kier alpha value is -1.31. The van der Waals surface area contributed by atoms with E-state index in [1.807, 2.05) is 18.2 Å². The van der Waals surface area contributed by atoms with E-state index < -0.39 is 0 Å². The lowest BCUT2D eigenvalue weighted by Gasteiger charge is -2.07. The highest BCUT2D eigenvalue weighted by atomic mass is 79.9. The monoisotopic (exact) mass is 266 g/mol. The van der Waals surface area contributed by atoms with Gasteiger partial charge < -0.3 is 10.4 Å². The molecule has 0 radical (unpaired) electrons. The fourth-order valence-corrected chi connectivity index (χ4v) is 1.50. The molecule has 0 aromatic heterocycles. The van der Waals surface area contributed by atoms with Gasteiger partial charge in [-0.15, -0.1) is 0 Å². The Morgan fingerprint density at radius 1 is 1.60 bits per heavy atom. The largest absolute Gasteiger partial charge is 0.388 e. The Kier molecular flexibility index (Phi) is 4.35. The molecule has 0 fully saturated rings. The molecule has 4 heteroatoms. The molecular weight excluding hydrogens is 256 g/mol. The molecule has 1 aromatic rings. The minimum atomic E-state index is -0.228. The predicted octanol–water partition coefficient (Wildman–Crippen LogP) is 1.85. The molecule has 0 saturated carbocycles. The van der Waals surface area contributed by atoms with Crippen molar-refractivity contribution in [2.45, 2.75) is 0 Å². The molecule has 0 aliphatic heterocycles. The average molecular weight is 267 g/mol. The second-order valence-corrected chi connectivity index (χ2v) is 3.69. The van der Waals surface area contributed by atoms with E-state index in [-0.39, 0.29) is 12.3 Å². The number of aliphatic hydroxyl groups excluding tert-OH is 1. The first kappa shape index (κ1) is 11.8. The molecule has 0 unspecified atom stereocenters. The van der Waals surface area contributed by atoms with Gasteiger partial charge in [0, 0.05) is 22.8 Å². The van der Waals surface area contributed by atoms with Crippen molar-refractivity contribution in [1.29, 1.82) is 5.41 Å². The van der Waals surface area contributed by atoms with Crippen LogP contribution in [0.25, 0.3) is 0 Å². The van der Waals surface area contributed by atoms with Crippen LogP contribution >= 0.6 is 15.9 Å². The van der Waals surface area contributed by atoms with Crippen molar-refractivity contribution in [3.8, 4) is 11.8 Å². The van der Waals surface area contributed by atoms with E-state index >= 15 is 0 Å². The number of hydrogen-bond donors (Lipinski definition) is 3. The summed E-state index contributed by atoms with van der Waals surface area (Å²) < 4.78 is 0.943. The molecule has 0 heterocycles. The van der Waals surface area contributed by atoms with E-state index in [9.17, 15) is 0 Å². The molecule has 0 amide bonds. The number of anilines is 1. The normalized spacial score (nSPS) is 9.00. The van der Waals surface area contributed by atoms with E-state index in [1.54, 1.807) is 7.05 Å². The zero-order chi connectivity index (χ0) is 11.3. The Labute approximate surface area is 97.2 Å². The third kappa shape index (κ3) is 3.08. The van der Waals surface area contributed by atoms with Crippen LogP contribution in [0.2, 0.25) is 0 Å². The Morgan fingerprint density at radius 3 is 2.93 bits per heavy atom. The van der Waals surface area contributed by atoms with Crippen molar-refractivity contribution in [3.63, 3.8) is 0 Å². The molecule has 0 aliphatic rings. The summed E-state index contributed by atoms with van der Waals surface area (Å²) in [6, 6.07) is 5.54. The highest BCUT2D eigenvalue weighted by Gasteiger charge is 2.04. The van der Waals surface area contributed by atoms with Crippen LogP contribution < -0.4 is 5.32 Å². The molecule has 0 spiro atoms. The highest BCUT2D eigenvalue weighted by molar-refractivity contribution is 9.10. The zero-order valence-electron chi connectivity index (χ0n) is 8.26. The number of rotatable bonds is 2. The number of halogens is 1. The Bertz CT molecular complexity index is 432. The van der Waals surface area contributed by atoms with E-state index in [2.05, 4.69) is 33.1 Å². The maximum atomic E-state index is 8.54. The van der Waals surface area contributed by atoms with Gasteiger partial charge in [-0.25, -0.2) is 0 Å². The van der Waals surface area contributed by atoms with Gasteiger partial charge in [0.05, 0.1) is 0 Å². The Morgan fingerprint density at radius 2 is 2.33 bits per heavy atom. The van der Waals surface area contributed by atoms with Gasteiger partial charge in [0.25, 0.3) is 0 Å². The molecular formula is C11H11BrN2O. The summed E-state index contributed by atoms with van der Waals surface area (Å²) in [6.45, 7) is -0.228. The van der Waals surface area contributed by atoms with Crippen LogP contribution in [0, 0.1) is 17.3 Å². The minimum absolute atomic E-state index is 0.195. The van der Waals surface area contributed by atoms with Crippen LogP contribution in [-0.4, -0.2) is 24.5 Å². The summed E-state index contributed by atoms with van der Waals surface area (Å²) in [4.78, 5) is 0. The number of benzene rings is 1. The van der Waals surface area contributed by atoms with Crippen molar-refractivity contribution in [2.24, 2.45) is 0 Å². The fraction of sp³-hybridized carbons (Fsp3) is 0.182. The van der Waals surface area contributed by atoms with Crippen molar-refractivity contribution >= 4 is 27.3 Å². The number of hydrogen-bond acceptors (Lipinski definition) is 3. The zero-order valence-corrected chi connectivity index (χ0v) is 9.85. The lowest BCUT2D eigenvalue weighted by molar-refractivity contribution is 0.350. The average Bonchev–Trinajstić information content (AvgIpc) is 2.25. The quantitative estimate of drug-likeness (QED) is 0.566. The van der Waals surface area contributed by atoms with Gasteiger partial charge in [-0.1, -0.05) is 21.9 Å². The van der Waals surface area contributed by atoms with E-state index in [0.29, 0.717) is 0 Å². The van der Waals surface area contributed by atoms with E-state index in [1.165, 1.54) is 0 Å². The van der Waals surface area contributed by atoms with Gasteiger partial charge in [-0.05, 0) is 24.1 Å². The van der Waals surface area contributed by atoms with Crippen molar-refractivity contribution < 1.29 is 5.11 Å². The summed E-state index contributed by atoms with van der Waals surface area (Å²) >= 11 is 3.35. The van der Waals surface area contributed by atoms with E-state index in [4.69, 9.17) is 10.5 Å². The summed E-state index contributed by atoms with van der Waals surface area (Å²) in [6.07, 6.45) is 0. The number of aliphatic hydroxyl groups is 1. The van der Waals surface area contributed by atoms with Crippen molar-refractivity contribution in [3.05, 3.63) is 28.2 Å². The lowest BCUT2D eigenvalue weighted by Crippen LogP contribution is -2.01. The third-order valence-corrected chi connectivity index (χ3v) is 2.31. The maximum Gasteiger partial charge on any atom is 0.113 e. The van der Waals surface area contributed by atoms with Crippen molar-refractivity contribution in [1.82, 2.24) is 0 Å². The summed E-state index contributed by atoms with van der Waals surface area (Å²) in [5, 5.41) is 19.2. The van der Waals surface area contributed by atoms with Gasteiger partial charge in [0.1, 0.15) is 12.3 Å². The molecule has 3 nitrogen and oxygen atoms in total. The lowest BCUT2D eigenvalue weighted by atomic mass is 10.1. The topological polar surface area (TPSA) is 56.1 Å². The Balaban J connectivity index is 3.08. The van der Waals surface area contributed by atoms with Gasteiger partial charge >= 0.3 is 0 Å². The van der Waals surface area contributed by atoms with Crippen molar-refractivity contribution in [2.75, 3.05) is 19.0 Å². The summed E-state index contributed by atoms with van der Waals surface area (Å²) in [5.74, 6) is 5.02. The molecule has 3 N–H and O–H groups in total. The van der Waals surface area contributed by atoms with Crippen LogP contribution in [0.5, 0.6) is 0 Å². The molecule has 0 bridgehead atoms. The van der Waals surface area contributed by atoms with Gasteiger partial charge in [0.2, 0.25) is 0 Å². The van der Waals surface area contributed by atoms with Crippen LogP contribution in [0.15, 0.2) is 22.7 Å². The first-order valence-electron chi connectivity index (χ1n) is 4.35. The van der Waals surface area contributed by atoms with Crippen LogP contribution in [-0.2, 0) is 0 Å². The second-order valence-electron chi connectivity index (χ2n) is 2.77. The first-order chi connectivity index (χ1) is 7.19. The van der Waals surface area contributed by atoms with E-state index in [0.717, 1.165) is 15.7 Å². The SMILES string of the molecule is CNc1cc(Br)ccc1C(=N)C#CCO. The number of nitrogens with one attached hydrogen (secondary N) is 2. The minimum Gasteiger partial charge on any atom is -0.388 e.